The Bertz CT molecular complexity index is 862. The average molecular weight is 369 g/mol. The molecule has 0 radical (unpaired) electrons. The Labute approximate surface area is 158 Å². The predicted octanol–water partition coefficient (Wildman–Crippen LogP) is 2.80. The molecule has 0 bridgehead atoms. The second-order valence-corrected chi connectivity index (χ2v) is 5.97. The zero-order chi connectivity index (χ0) is 19.8. The highest BCUT2D eigenvalue weighted by Crippen LogP contribution is 2.27. The van der Waals surface area contributed by atoms with Crippen LogP contribution in [0.3, 0.4) is 0 Å². The molecular formula is C20H23N3O4. The number of carbonyl (C=O) groups is 2. The van der Waals surface area contributed by atoms with Crippen molar-refractivity contribution in [3.05, 3.63) is 53.1 Å². The van der Waals surface area contributed by atoms with E-state index in [0.29, 0.717) is 17.1 Å². The number of nitrogens with zero attached hydrogens (tertiary/aromatic N) is 1. The first-order chi connectivity index (χ1) is 12.9. The van der Waals surface area contributed by atoms with E-state index in [-0.39, 0.29) is 12.5 Å². The zero-order valence-corrected chi connectivity index (χ0v) is 15.8. The number of hydrogen-bond donors (Lipinski definition) is 2. The molecule has 1 amide bonds. The largest absolute Gasteiger partial charge is 0.493 e. The van der Waals surface area contributed by atoms with Gasteiger partial charge in [-0.2, -0.15) is 5.10 Å². The van der Waals surface area contributed by atoms with Gasteiger partial charge in [0.25, 0.3) is 5.91 Å². The zero-order valence-electron chi connectivity index (χ0n) is 15.8. The van der Waals surface area contributed by atoms with Crippen molar-refractivity contribution >= 4 is 23.8 Å². The molecule has 2 rings (SSSR count). The van der Waals surface area contributed by atoms with Crippen molar-refractivity contribution in [3.8, 4) is 11.5 Å². The van der Waals surface area contributed by atoms with Gasteiger partial charge in [-0.05, 0) is 49.2 Å². The Kier molecular flexibility index (Phi) is 6.93. The third-order valence-corrected chi connectivity index (χ3v) is 3.67. The highest BCUT2D eigenvalue weighted by molar-refractivity contribution is 5.85. The molecule has 27 heavy (non-hydrogen) atoms. The van der Waals surface area contributed by atoms with Gasteiger partial charge in [0.15, 0.2) is 11.5 Å². The SMILES string of the molecule is COc1cc(/C=N/NC(=O)CNc2ccc(C)cc2C)ccc1OC(C)=O. The van der Waals surface area contributed by atoms with Gasteiger partial charge in [0.1, 0.15) is 0 Å². The minimum atomic E-state index is -0.432. The molecule has 0 aliphatic carbocycles. The minimum Gasteiger partial charge on any atom is -0.493 e. The topological polar surface area (TPSA) is 89.0 Å². The Morgan fingerprint density at radius 2 is 1.89 bits per heavy atom. The molecule has 0 spiro atoms. The van der Waals surface area contributed by atoms with Gasteiger partial charge >= 0.3 is 5.97 Å². The monoisotopic (exact) mass is 369 g/mol. The third-order valence-electron chi connectivity index (χ3n) is 3.67. The van der Waals surface area contributed by atoms with Crippen LogP contribution < -0.4 is 20.2 Å². The van der Waals surface area contributed by atoms with Crippen LogP contribution in [0.4, 0.5) is 5.69 Å². The van der Waals surface area contributed by atoms with Crippen molar-refractivity contribution in [3.63, 3.8) is 0 Å². The van der Waals surface area contributed by atoms with Crippen LogP contribution in [0, 0.1) is 13.8 Å². The van der Waals surface area contributed by atoms with Crippen LogP contribution in [0.5, 0.6) is 11.5 Å². The number of anilines is 1. The number of nitrogens with one attached hydrogen (secondary N) is 2. The summed E-state index contributed by atoms with van der Waals surface area (Å²) in [5.41, 5.74) is 6.30. The van der Waals surface area contributed by atoms with Crippen molar-refractivity contribution in [2.75, 3.05) is 19.0 Å². The number of hydrogen-bond acceptors (Lipinski definition) is 6. The van der Waals surface area contributed by atoms with E-state index in [1.165, 1.54) is 25.8 Å². The van der Waals surface area contributed by atoms with Crippen molar-refractivity contribution in [2.24, 2.45) is 5.10 Å². The van der Waals surface area contributed by atoms with E-state index in [1.54, 1.807) is 18.2 Å². The van der Waals surface area contributed by atoms with Crippen LogP contribution in [0.25, 0.3) is 0 Å². The number of aryl methyl sites for hydroxylation is 2. The summed E-state index contributed by atoms with van der Waals surface area (Å²) in [4.78, 5) is 23.0. The number of benzene rings is 2. The van der Waals surface area contributed by atoms with Crippen LogP contribution in [-0.2, 0) is 9.59 Å². The normalized spacial score (nSPS) is 10.5. The van der Waals surface area contributed by atoms with E-state index >= 15 is 0 Å². The van der Waals surface area contributed by atoms with Gasteiger partial charge in [-0.3, -0.25) is 9.59 Å². The van der Waals surface area contributed by atoms with Gasteiger partial charge < -0.3 is 14.8 Å². The maximum Gasteiger partial charge on any atom is 0.308 e. The first-order valence-electron chi connectivity index (χ1n) is 8.38. The molecule has 0 aliphatic rings. The molecule has 0 atom stereocenters. The predicted molar refractivity (Wildman–Crippen MR) is 104 cm³/mol. The molecule has 0 aliphatic heterocycles. The van der Waals surface area contributed by atoms with E-state index < -0.39 is 5.97 Å². The molecule has 7 heteroatoms. The van der Waals surface area contributed by atoms with Crippen LogP contribution in [0.15, 0.2) is 41.5 Å². The summed E-state index contributed by atoms with van der Waals surface area (Å²) in [5, 5.41) is 7.01. The highest BCUT2D eigenvalue weighted by atomic mass is 16.6. The quantitative estimate of drug-likeness (QED) is 0.339. The third kappa shape index (κ3) is 6.14. The number of ether oxygens (including phenoxy) is 2. The standard InChI is InChI=1S/C20H23N3O4/c1-13-5-7-17(14(2)9-13)21-12-20(25)23-22-11-16-6-8-18(27-15(3)24)19(10-16)26-4/h5-11,21H,12H2,1-4H3,(H,23,25)/b22-11+. The summed E-state index contributed by atoms with van der Waals surface area (Å²) >= 11 is 0. The maximum atomic E-state index is 11.9. The second kappa shape index (κ2) is 9.38. The fourth-order valence-electron chi connectivity index (χ4n) is 2.41. The van der Waals surface area contributed by atoms with Crippen LogP contribution in [0.1, 0.15) is 23.6 Å². The summed E-state index contributed by atoms with van der Waals surface area (Å²) in [6.45, 7) is 5.43. The van der Waals surface area contributed by atoms with E-state index in [4.69, 9.17) is 9.47 Å². The molecule has 0 saturated heterocycles. The first-order valence-corrected chi connectivity index (χ1v) is 8.38. The smallest absolute Gasteiger partial charge is 0.308 e. The lowest BCUT2D eigenvalue weighted by Gasteiger charge is -2.09. The number of hydrazone groups is 1. The summed E-state index contributed by atoms with van der Waals surface area (Å²) in [5.74, 6) is 0.0221. The molecule has 0 unspecified atom stereocenters. The Morgan fingerprint density at radius 3 is 2.56 bits per heavy atom. The second-order valence-electron chi connectivity index (χ2n) is 5.97. The summed E-state index contributed by atoms with van der Waals surface area (Å²) < 4.78 is 10.2. The van der Waals surface area contributed by atoms with Crippen LogP contribution >= 0.6 is 0 Å². The summed E-state index contributed by atoms with van der Waals surface area (Å²) in [6, 6.07) is 10.9. The van der Waals surface area contributed by atoms with Gasteiger partial charge in [-0.15, -0.1) is 0 Å². The lowest BCUT2D eigenvalue weighted by molar-refractivity contribution is -0.132. The van der Waals surface area contributed by atoms with Gasteiger partial charge in [-0.25, -0.2) is 5.43 Å². The number of rotatable bonds is 7. The molecule has 7 nitrogen and oxygen atoms in total. The fraction of sp³-hybridized carbons (Fsp3) is 0.250. The Balaban J connectivity index is 1.90. The molecule has 0 aromatic heterocycles. The van der Waals surface area contributed by atoms with Crippen LogP contribution in [-0.4, -0.2) is 31.7 Å². The summed E-state index contributed by atoms with van der Waals surface area (Å²) in [7, 11) is 1.48. The van der Waals surface area contributed by atoms with E-state index in [0.717, 1.165) is 11.3 Å². The molecule has 0 saturated carbocycles. The summed E-state index contributed by atoms with van der Waals surface area (Å²) in [6.07, 6.45) is 1.48. The van der Waals surface area contributed by atoms with Crippen molar-refractivity contribution in [1.29, 1.82) is 0 Å². The molecule has 0 heterocycles. The number of esters is 1. The number of methoxy groups -OCH3 is 1. The fourth-order valence-corrected chi connectivity index (χ4v) is 2.41. The van der Waals surface area contributed by atoms with Gasteiger partial charge in [0, 0.05) is 12.6 Å². The maximum absolute atomic E-state index is 11.9. The Hall–Kier alpha value is -3.35. The van der Waals surface area contributed by atoms with E-state index in [9.17, 15) is 9.59 Å². The van der Waals surface area contributed by atoms with Gasteiger partial charge in [-0.1, -0.05) is 17.7 Å². The molecular weight excluding hydrogens is 346 g/mol. The van der Waals surface area contributed by atoms with Gasteiger partial charge in [0.2, 0.25) is 0 Å². The molecule has 2 aromatic rings. The van der Waals surface area contributed by atoms with Crippen LogP contribution in [0.2, 0.25) is 0 Å². The molecule has 2 aromatic carbocycles. The van der Waals surface area contributed by atoms with E-state index in [2.05, 4.69) is 15.8 Å². The lowest BCUT2D eigenvalue weighted by Crippen LogP contribution is -2.26. The number of carbonyl (C=O) groups excluding carboxylic acids is 2. The van der Waals surface area contributed by atoms with Crippen molar-refractivity contribution in [2.45, 2.75) is 20.8 Å². The van der Waals surface area contributed by atoms with Crippen molar-refractivity contribution < 1.29 is 19.1 Å². The number of amides is 1. The molecule has 2 N–H and O–H groups in total. The Morgan fingerprint density at radius 1 is 1.11 bits per heavy atom. The van der Waals surface area contributed by atoms with E-state index in [1.807, 2.05) is 32.0 Å². The average Bonchev–Trinajstić information content (AvgIpc) is 2.61. The first kappa shape index (κ1) is 20.0. The highest BCUT2D eigenvalue weighted by Gasteiger charge is 2.07. The van der Waals surface area contributed by atoms with Gasteiger partial charge in [0.05, 0.1) is 19.9 Å². The molecule has 0 fully saturated rings. The minimum absolute atomic E-state index is 0.107. The van der Waals surface area contributed by atoms with Crippen molar-refractivity contribution in [1.82, 2.24) is 5.43 Å². The lowest BCUT2D eigenvalue weighted by atomic mass is 10.1. The molecule has 142 valence electrons.